The van der Waals surface area contributed by atoms with Gasteiger partial charge >= 0.3 is 0 Å². The van der Waals surface area contributed by atoms with E-state index < -0.39 is 154 Å². The summed E-state index contributed by atoms with van der Waals surface area (Å²) in [5.41, 5.74) is -0.302. The Morgan fingerprint density at radius 2 is 0.981 bits per heavy atom. The van der Waals surface area contributed by atoms with Gasteiger partial charge in [-0.15, -0.1) is 0 Å². The molecule has 1 aromatic rings. The molecule has 1 aromatic carbocycles. The number of hydrogen-bond donors (Lipinski definition) is 13. The number of nitro groups is 1. The van der Waals surface area contributed by atoms with E-state index in [1.165, 1.54) is 12.1 Å². The summed E-state index contributed by atoms with van der Waals surface area (Å²) in [4.78, 5) is 10.4. The highest BCUT2D eigenvalue weighted by Gasteiger charge is 2.54. The van der Waals surface area contributed by atoms with Crippen LogP contribution >= 0.6 is 0 Å². The first-order valence-corrected chi connectivity index (χ1v) is 16.7. The molecule has 0 aromatic heterocycles. The maximum absolute atomic E-state index is 11.3. The first-order chi connectivity index (χ1) is 25.6. The number of aliphatic hydroxyl groups is 13. The summed E-state index contributed by atoms with van der Waals surface area (Å²) in [7, 11) is 0. The van der Waals surface area contributed by atoms with Gasteiger partial charge in [0.25, 0.3) is 5.69 Å². The summed E-state index contributed by atoms with van der Waals surface area (Å²) < 4.78 is 44.4. The SMILES string of the molecule is O=[N+]([O-])c1ccc(O[C@@H]2O[C@H](CO[C@@H]3O[C@H](CO)[C@@H](O)[C@H](O)[C@H]3O)[C@@H](O)[C@H](O[C@@H]3O[C@H](CO)[C@@H](O[C@@H]4O[C@H](CO)[C@@H](O)[C@H](O)[C@@H]4O)[C@H](O)[C@@H]3O)[C@H]2O)cc1. The van der Waals surface area contributed by atoms with Crippen molar-refractivity contribution in [1.82, 2.24) is 0 Å². The summed E-state index contributed by atoms with van der Waals surface area (Å²) in [5.74, 6) is -0.0775. The van der Waals surface area contributed by atoms with Crippen LogP contribution in [0.2, 0.25) is 0 Å². The van der Waals surface area contributed by atoms with Gasteiger partial charge in [-0.2, -0.15) is 0 Å². The first-order valence-electron chi connectivity index (χ1n) is 16.7. The molecule has 0 unspecified atom stereocenters. The zero-order valence-corrected chi connectivity index (χ0v) is 28.0. The maximum Gasteiger partial charge on any atom is 0.269 e. The molecule has 0 spiro atoms. The van der Waals surface area contributed by atoms with Crippen LogP contribution in [0, 0.1) is 10.1 Å². The number of benzene rings is 1. The Morgan fingerprint density at radius 3 is 1.52 bits per heavy atom. The van der Waals surface area contributed by atoms with Crippen LogP contribution < -0.4 is 4.74 Å². The number of nitrogens with zero attached hydrogens (tertiary/aromatic N) is 1. The van der Waals surface area contributed by atoms with Crippen LogP contribution in [-0.4, -0.2) is 221 Å². The Labute approximate surface area is 304 Å². The lowest BCUT2D eigenvalue weighted by Gasteiger charge is -2.48. The van der Waals surface area contributed by atoms with E-state index in [-0.39, 0.29) is 11.4 Å². The molecule has 4 saturated heterocycles. The van der Waals surface area contributed by atoms with E-state index in [4.69, 9.17) is 37.9 Å². The van der Waals surface area contributed by atoms with Crippen molar-refractivity contribution in [3.05, 3.63) is 34.4 Å². The molecular weight excluding hydrogens is 742 g/mol. The van der Waals surface area contributed by atoms with E-state index in [1.54, 1.807) is 0 Å². The molecule has 0 bridgehead atoms. The minimum Gasteiger partial charge on any atom is -0.462 e. The highest BCUT2D eigenvalue weighted by Crippen LogP contribution is 2.34. The fourth-order valence-electron chi connectivity index (χ4n) is 6.30. The predicted molar refractivity (Wildman–Crippen MR) is 165 cm³/mol. The third-order valence-electron chi connectivity index (χ3n) is 9.47. The van der Waals surface area contributed by atoms with E-state index in [0.717, 1.165) is 12.1 Å². The molecule has 4 heterocycles. The predicted octanol–water partition coefficient (Wildman–Crippen LogP) is -7.75. The molecule has 308 valence electrons. The summed E-state index contributed by atoms with van der Waals surface area (Å²) in [5, 5.41) is 146. The van der Waals surface area contributed by atoms with Crippen molar-refractivity contribution in [2.75, 3.05) is 26.4 Å². The van der Waals surface area contributed by atoms with Crippen molar-refractivity contribution in [1.29, 1.82) is 0 Å². The molecular formula is C30H45NO23. The number of aliphatic hydroxyl groups excluding tert-OH is 13. The number of nitro benzene ring substituents is 1. The molecule has 24 heteroatoms. The summed E-state index contributed by atoms with van der Waals surface area (Å²) in [6.45, 7) is -3.25. The molecule has 4 fully saturated rings. The minimum atomic E-state index is -2.09. The van der Waals surface area contributed by atoms with E-state index >= 15 is 0 Å². The summed E-state index contributed by atoms with van der Waals surface area (Å²) in [6, 6.07) is 4.50. The smallest absolute Gasteiger partial charge is 0.269 e. The van der Waals surface area contributed by atoms with E-state index in [9.17, 15) is 76.5 Å². The average Bonchev–Trinajstić information content (AvgIpc) is 3.16. The van der Waals surface area contributed by atoms with Gasteiger partial charge < -0.3 is 104 Å². The topological polar surface area (TPSA) is 380 Å². The van der Waals surface area contributed by atoms with Gasteiger partial charge in [0.2, 0.25) is 6.29 Å². The van der Waals surface area contributed by atoms with Crippen molar-refractivity contribution in [3.63, 3.8) is 0 Å². The largest absolute Gasteiger partial charge is 0.462 e. The molecule has 5 rings (SSSR count). The van der Waals surface area contributed by atoms with Crippen LogP contribution in [0.1, 0.15) is 0 Å². The maximum atomic E-state index is 11.3. The lowest BCUT2D eigenvalue weighted by molar-refractivity contribution is -0.385. The van der Waals surface area contributed by atoms with E-state index in [2.05, 4.69) is 0 Å². The van der Waals surface area contributed by atoms with Gasteiger partial charge in [0, 0.05) is 12.1 Å². The third kappa shape index (κ3) is 8.93. The van der Waals surface area contributed by atoms with Gasteiger partial charge in [-0.25, -0.2) is 0 Å². The molecule has 0 aliphatic carbocycles. The molecule has 0 amide bonds. The Bertz CT molecular complexity index is 1340. The van der Waals surface area contributed by atoms with Gasteiger partial charge in [0.15, 0.2) is 18.9 Å². The number of hydrogen-bond acceptors (Lipinski definition) is 23. The average molecular weight is 788 g/mol. The number of non-ortho nitro benzene ring substituents is 1. The lowest BCUT2D eigenvalue weighted by atomic mass is 9.96. The van der Waals surface area contributed by atoms with Gasteiger partial charge in [-0.05, 0) is 12.1 Å². The zero-order chi connectivity index (χ0) is 39.6. The zero-order valence-electron chi connectivity index (χ0n) is 28.0. The second-order valence-electron chi connectivity index (χ2n) is 13.0. The van der Waals surface area contributed by atoms with E-state index in [1.807, 2.05) is 0 Å². The normalized spacial score (nSPS) is 45.9. The second-order valence-corrected chi connectivity index (χ2v) is 13.0. The lowest BCUT2D eigenvalue weighted by Crippen LogP contribution is -2.67. The first kappa shape index (κ1) is 42.8. The monoisotopic (exact) mass is 787 g/mol. The molecule has 4 aliphatic rings. The van der Waals surface area contributed by atoms with Gasteiger partial charge in [-0.1, -0.05) is 0 Å². The van der Waals surface area contributed by atoms with Gasteiger partial charge in [0.05, 0.1) is 31.4 Å². The van der Waals surface area contributed by atoms with Crippen molar-refractivity contribution in [2.45, 2.75) is 123 Å². The fraction of sp³-hybridized carbons (Fsp3) is 0.800. The van der Waals surface area contributed by atoms with Crippen molar-refractivity contribution in [2.24, 2.45) is 0 Å². The van der Waals surface area contributed by atoms with Crippen LogP contribution in [0.5, 0.6) is 5.75 Å². The molecule has 0 radical (unpaired) electrons. The Morgan fingerprint density at radius 1 is 0.519 bits per heavy atom. The fourth-order valence-corrected chi connectivity index (χ4v) is 6.30. The van der Waals surface area contributed by atoms with Gasteiger partial charge in [0.1, 0.15) is 103 Å². The molecule has 13 N–H and O–H groups in total. The quantitative estimate of drug-likeness (QED) is 0.0652. The van der Waals surface area contributed by atoms with Crippen LogP contribution in [-0.2, 0) is 33.2 Å². The number of ether oxygens (including phenoxy) is 8. The second kappa shape index (κ2) is 18.3. The third-order valence-corrected chi connectivity index (χ3v) is 9.47. The van der Waals surface area contributed by atoms with Gasteiger partial charge in [-0.3, -0.25) is 10.1 Å². The van der Waals surface area contributed by atoms with Crippen LogP contribution in [0.4, 0.5) is 5.69 Å². The molecule has 4 aliphatic heterocycles. The minimum absolute atomic E-state index is 0.0775. The van der Waals surface area contributed by atoms with Crippen molar-refractivity contribution < 1.29 is 109 Å². The van der Waals surface area contributed by atoms with E-state index in [0.29, 0.717) is 0 Å². The molecule has 24 nitrogen and oxygen atoms in total. The summed E-state index contributed by atoms with van der Waals surface area (Å²) >= 11 is 0. The highest BCUT2D eigenvalue weighted by atomic mass is 16.8. The van der Waals surface area contributed by atoms with Crippen LogP contribution in [0.25, 0.3) is 0 Å². The number of rotatable bonds is 13. The van der Waals surface area contributed by atoms with Crippen molar-refractivity contribution >= 4 is 5.69 Å². The van der Waals surface area contributed by atoms with Crippen LogP contribution in [0.15, 0.2) is 24.3 Å². The molecule has 20 atom stereocenters. The Balaban J connectivity index is 1.33. The van der Waals surface area contributed by atoms with Crippen LogP contribution in [0.3, 0.4) is 0 Å². The van der Waals surface area contributed by atoms with Crippen molar-refractivity contribution in [3.8, 4) is 5.75 Å². The highest BCUT2D eigenvalue weighted by molar-refractivity contribution is 5.36. The molecule has 54 heavy (non-hydrogen) atoms. The summed E-state index contributed by atoms with van der Waals surface area (Å²) in [6.07, 6.45) is -35.7. The Kier molecular flexibility index (Phi) is 14.5. The Hall–Kier alpha value is -2.38. The molecule has 0 saturated carbocycles. The standard InChI is InChI=1S/C30H45NO23/c32-5-11-15(35)18(38)21(41)27(49-11)47-8-14-17(37)26(24(44)30(52-14)48-10-3-1-9(2-4-10)31(45)46)54-29-23(43)20(40)25(13(7-34)51-29)53-28-22(42)19(39)16(36)12(6-33)50-28/h1-4,11-30,32-44H,5-8H2/t11-,12-,13-,14-,15-,16-,17-,18+,19+,20-,21-,22+,23+,24-,25-,26+,27-,28+,29+,30-/m1/s1.